The first-order valence-electron chi connectivity index (χ1n) is 10.8. The number of carbonyl (C=O) groups is 2. The number of sulfonamides is 1. The molecule has 0 spiro atoms. The van der Waals surface area contributed by atoms with Crippen LogP contribution in [0.3, 0.4) is 0 Å². The SMILES string of the molecule is O=C(NCc1ccccc1)c1ccccc1NC(=O)c1ccccc1NS(=O)(=O)c1ccccc1. The van der Waals surface area contributed by atoms with Crippen molar-refractivity contribution in [2.24, 2.45) is 0 Å². The fraction of sp³-hybridized carbons (Fsp3) is 0.0370. The van der Waals surface area contributed by atoms with E-state index in [1.807, 2.05) is 30.3 Å². The summed E-state index contributed by atoms with van der Waals surface area (Å²) in [4.78, 5) is 26.0. The van der Waals surface area contributed by atoms with E-state index in [0.717, 1.165) is 5.56 Å². The van der Waals surface area contributed by atoms with Gasteiger partial charge in [0.15, 0.2) is 0 Å². The molecule has 4 rings (SSSR count). The molecular weight excluding hydrogens is 462 g/mol. The molecule has 3 N–H and O–H groups in total. The van der Waals surface area contributed by atoms with Crippen LogP contribution in [0.1, 0.15) is 26.3 Å². The van der Waals surface area contributed by atoms with E-state index in [1.54, 1.807) is 54.6 Å². The van der Waals surface area contributed by atoms with Crippen LogP contribution in [-0.2, 0) is 16.6 Å². The Morgan fingerprint density at radius 2 is 1.11 bits per heavy atom. The van der Waals surface area contributed by atoms with E-state index in [1.165, 1.54) is 24.3 Å². The van der Waals surface area contributed by atoms with Crippen LogP contribution in [0.25, 0.3) is 0 Å². The Morgan fingerprint density at radius 1 is 0.600 bits per heavy atom. The van der Waals surface area contributed by atoms with Crippen LogP contribution in [0, 0.1) is 0 Å². The molecular formula is C27H23N3O4S. The van der Waals surface area contributed by atoms with Gasteiger partial charge in [-0.1, -0.05) is 72.8 Å². The highest BCUT2D eigenvalue weighted by Crippen LogP contribution is 2.23. The number of benzene rings is 4. The Morgan fingerprint density at radius 3 is 1.77 bits per heavy atom. The molecule has 0 saturated heterocycles. The topological polar surface area (TPSA) is 104 Å². The molecule has 4 aromatic rings. The third-order valence-corrected chi connectivity index (χ3v) is 6.57. The highest BCUT2D eigenvalue weighted by molar-refractivity contribution is 7.92. The Bertz CT molecular complexity index is 1440. The minimum atomic E-state index is -3.89. The Balaban J connectivity index is 1.53. The van der Waals surface area contributed by atoms with Crippen molar-refractivity contribution in [3.05, 3.63) is 126 Å². The number of hydrogen-bond donors (Lipinski definition) is 3. The van der Waals surface area contributed by atoms with E-state index in [4.69, 9.17) is 0 Å². The first kappa shape index (κ1) is 23.7. The molecule has 8 heteroatoms. The van der Waals surface area contributed by atoms with E-state index in [2.05, 4.69) is 15.4 Å². The normalized spacial score (nSPS) is 10.9. The highest BCUT2D eigenvalue weighted by atomic mass is 32.2. The van der Waals surface area contributed by atoms with Gasteiger partial charge in [-0.3, -0.25) is 14.3 Å². The van der Waals surface area contributed by atoms with Gasteiger partial charge in [0, 0.05) is 6.54 Å². The van der Waals surface area contributed by atoms with Crippen LogP contribution in [0.4, 0.5) is 11.4 Å². The molecule has 0 heterocycles. The van der Waals surface area contributed by atoms with Crippen LogP contribution in [0.15, 0.2) is 114 Å². The average Bonchev–Trinajstić information content (AvgIpc) is 2.89. The molecule has 0 saturated carbocycles. The molecule has 0 aromatic heterocycles. The summed E-state index contributed by atoms with van der Waals surface area (Å²) >= 11 is 0. The molecule has 0 atom stereocenters. The van der Waals surface area contributed by atoms with Crippen molar-refractivity contribution >= 4 is 33.2 Å². The fourth-order valence-electron chi connectivity index (χ4n) is 3.43. The maximum atomic E-state index is 13.1. The predicted octanol–water partition coefficient (Wildman–Crippen LogP) is 4.67. The lowest BCUT2D eigenvalue weighted by Crippen LogP contribution is -2.25. The lowest BCUT2D eigenvalue weighted by Gasteiger charge is -2.14. The van der Waals surface area contributed by atoms with Crippen LogP contribution < -0.4 is 15.4 Å². The third-order valence-electron chi connectivity index (χ3n) is 5.19. The Kier molecular flexibility index (Phi) is 7.23. The molecule has 176 valence electrons. The molecule has 7 nitrogen and oxygen atoms in total. The molecule has 0 unspecified atom stereocenters. The summed E-state index contributed by atoms with van der Waals surface area (Å²) in [6.45, 7) is 0.339. The number of carbonyl (C=O) groups excluding carboxylic acids is 2. The van der Waals surface area contributed by atoms with Gasteiger partial charge in [-0.15, -0.1) is 0 Å². The van der Waals surface area contributed by atoms with Gasteiger partial charge in [-0.05, 0) is 42.0 Å². The van der Waals surface area contributed by atoms with Gasteiger partial charge in [0.1, 0.15) is 0 Å². The van der Waals surface area contributed by atoms with E-state index in [0.29, 0.717) is 17.8 Å². The summed E-state index contributed by atoms with van der Waals surface area (Å²) in [5.41, 5.74) is 1.79. The summed E-state index contributed by atoms with van der Waals surface area (Å²) in [5.74, 6) is -0.900. The zero-order chi connectivity index (χ0) is 24.7. The molecule has 0 aliphatic rings. The molecule has 2 amide bonds. The summed E-state index contributed by atoms with van der Waals surface area (Å²) in [6.07, 6.45) is 0. The standard InChI is InChI=1S/C27H23N3O4S/c31-26(28-19-20-11-3-1-4-12-20)22-15-7-9-17-24(22)29-27(32)23-16-8-10-18-25(23)30-35(33,34)21-13-5-2-6-14-21/h1-18,30H,19H2,(H,28,31)(H,29,32). The second-order valence-electron chi connectivity index (χ2n) is 7.63. The molecule has 0 aliphatic heterocycles. The van der Waals surface area contributed by atoms with Crippen molar-refractivity contribution in [1.82, 2.24) is 5.32 Å². The zero-order valence-corrected chi connectivity index (χ0v) is 19.5. The number of nitrogens with one attached hydrogen (secondary N) is 3. The van der Waals surface area contributed by atoms with E-state index < -0.39 is 15.9 Å². The second-order valence-corrected chi connectivity index (χ2v) is 9.31. The van der Waals surface area contributed by atoms with Gasteiger partial charge in [0.25, 0.3) is 21.8 Å². The van der Waals surface area contributed by atoms with Crippen molar-refractivity contribution in [2.75, 3.05) is 10.0 Å². The Hall–Kier alpha value is -4.43. The largest absolute Gasteiger partial charge is 0.348 e. The van der Waals surface area contributed by atoms with Crippen molar-refractivity contribution < 1.29 is 18.0 Å². The van der Waals surface area contributed by atoms with Crippen LogP contribution in [0.5, 0.6) is 0 Å². The lowest BCUT2D eigenvalue weighted by atomic mass is 10.1. The Labute approximate surface area is 203 Å². The predicted molar refractivity (Wildman–Crippen MR) is 136 cm³/mol. The van der Waals surface area contributed by atoms with Crippen molar-refractivity contribution in [1.29, 1.82) is 0 Å². The van der Waals surface area contributed by atoms with Crippen LogP contribution in [0.2, 0.25) is 0 Å². The van der Waals surface area contributed by atoms with Gasteiger partial charge in [-0.2, -0.15) is 0 Å². The number of amides is 2. The van der Waals surface area contributed by atoms with Crippen molar-refractivity contribution in [3.63, 3.8) is 0 Å². The first-order chi connectivity index (χ1) is 16.9. The number of rotatable bonds is 8. The summed E-state index contributed by atoms with van der Waals surface area (Å²) in [6, 6.07) is 30.3. The lowest BCUT2D eigenvalue weighted by molar-refractivity contribution is 0.0951. The monoisotopic (exact) mass is 485 g/mol. The minimum absolute atomic E-state index is 0.0793. The molecule has 0 fully saturated rings. The summed E-state index contributed by atoms with van der Waals surface area (Å²) in [5, 5.41) is 5.58. The second kappa shape index (κ2) is 10.7. The van der Waals surface area contributed by atoms with Crippen LogP contribution >= 0.6 is 0 Å². The van der Waals surface area contributed by atoms with Gasteiger partial charge in [0.2, 0.25) is 0 Å². The zero-order valence-electron chi connectivity index (χ0n) is 18.6. The molecule has 0 radical (unpaired) electrons. The van der Waals surface area contributed by atoms with Crippen molar-refractivity contribution in [2.45, 2.75) is 11.4 Å². The van der Waals surface area contributed by atoms with Crippen LogP contribution in [-0.4, -0.2) is 20.2 Å². The van der Waals surface area contributed by atoms with Gasteiger partial charge < -0.3 is 10.6 Å². The molecule has 35 heavy (non-hydrogen) atoms. The number of hydrogen-bond acceptors (Lipinski definition) is 4. The van der Waals surface area contributed by atoms with E-state index >= 15 is 0 Å². The molecule has 4 aromatic carbocycles. The third kappa shape index (κ3) is 5.93. The summed E-state index contributed by atoms with van der Waals surface area (Å²) in [7, 11) is -3.89. The maximum Gasteiger partial charge on any atom is 0.261 e. The van der Waals surface area contributed by atoms with Gasteiger partial charge in [0.05, 0.1) is 27.4 Å². The summed E-state index contributed by atoms with van der Waals surface area (Å²) < 4.78 is 28.0. The van der Waals surface area contributed by atoms with Gasteiger partial charge in [-0.25, -0.2) is 8.42 Å². The quantitative estimate of drug-likeness (QED) is 0.337. The molecule has 0 aliphatic carbocycles. The molecule has 0 bridgehead atoms. The van der Waals surface area contributed by atoms with Crippen molar-refractivity contribution in [3.8, 4) is 0 Å². The van der Waals surface area contributed by atoms with E-state index in [9.17, 15) is 18.0 Å². The first-order valence-corrected chi connectivity index (χ1v) is 12.3. The van der Waals surface area contributed by atoms with Gasteiger partial charge >= 0.3 is 0 Å². The average molecular weight is 486 g/mol. The maximum absolute atomic E-state index is 13.1. The van der Waals surface area contributed by atoms with E-state index in [-0.39, 0.29) is 22.1 Å². The number of anilines is 2. The smallest absolute Gasteiger partial charge is 0.261 e. The fourth-order valence-corrected chi connectivity index (χ4v) is 4.53. The number of para-hydroxylation sites is 2. The highest BCUT2D eigenvalue weighted by Gasteiger charge is 2.20. The minimum Gasteiger partial charge on any atom is -0.348 e.